The van der Waals surface area contributed by atoms with E-state index in [1.807, 2.05) is 6.92 Å². The Morgan fingerprint density at radius 3 is 2.55 bits per heavy atom. The third-order valence-electron chi connectivity index (χ3n) is 2.04. The Balaban J connectivity index is 4.35. The highest BCUT2D eigenvalue weighted by Gasteiger charge is 2.22. The van der Waals surface area contributed by atoms with Gasteiger partial charge in [-0.3, -0.25) is 0 Å². The zero-order chi connectivity index (χ0) is 15.6. The number of ether oxygens (including phenoxy) is 1. The minimum atomic E-state index is -1.11. The number of carbonyl (C=O) groups excluding carboxylic acids is 1. The van der Waals surface area contributed by atoms with E-state index in [4.69, 9.17) is 9.84 Å². The topological polar surface area (TPSA) is 75.6 Å². The number of carbonyl (C=O) groups is 2. The summed E-state index contributed by atoms with van der Waals surface area (Å²) in [5, 5.41) is 11.3. The Morgan fingerprint density at radius 1 is 1.40 bits per heavy atom. The van der Waals surface area contributed by atoms with Crippen LogP contribution in [0.4, 0.5) is 4.79 Å². The molecule has 0 saturated heterocycles. The van der Waals surface area contributed by atoms with Crippen molar-refractivity contribution in [2.45, 2.75) is 58.6 Å². The van der Waals surface area contributed by atoms with Crippen molar-refractivity contribution in [2.75, 3.05) is 0 Å². The number of allylic oxidation sites excluding steroid dienone is 1. The Labute approximate surface area is 120 Å². The van der Waals surface area contributed by atoms with Crippen LogP contribution >= 0.6 is 0 Å². The lowest BCUT2D eigenvalue weighted by Crippen LogP contribution is -2.43. The molecule has 0 bridgehead atoms. The van der Waals surface area contributed by atoms with Gasteiger partial charge in [0.05, 0.1) is 0 Å². The van der Waals surface area contributed by atoms with Crippen molar-refractivity contribution in [1.29, 1.82) is 0 Å². The lowest BCUT2D eigenvalue weighted by Gasteiger charge is -2.21. The van der Waals surface area contributed by atoms with Crippen LogP contribution in [0.25, 0.3) is 0 Å². The molecule has 0 aliphatic rings. The van der Waals surface area contributed by atoms with Crippen LogP contribution in [0.5, 0.6) is 0 Å². The highest BCUT2D eigenvalue weighted by molar-refractivity contribution is 5.80. The minimum Gasteiger partial charge on any atom is -0.480 e. The molecule has 0 aromatic rings. The zero-order valence-corrected chi connectivity index (χ0v) is 12.5. The molecule has 0 heterocycles. The number of alkyl carbamates (subject to hydrolysis) is 1. The summed E-state index contributed by atoms with van der Waals surface area (Å²) in [5.41, 5.74) is -0.658. The number of unbranched alkanes of at least 4 members (excludes halogenated alkanes) is 1. The molecule has 2 N–H and O–H groups in total. The van der Waals surface area contributed by atoms with E-state index in [2.05, 4.69) is 17.2 Å². The number of nitrogens with one attached hydrogen (secondary N) is 1. The normalized spacial score (nSPS) is 12.4. The second-order valence-electron chi connectivity index (χ2n) is 5.25. The molecule has 0 fully saturated rings. The summed E-state index contributed by atoms with van der Waals surface area (Å²) in [4.78, 5) is 22.5. The van der Waals surface area contributed by atoms with Crippen LogP contribution in [-0.2, 0) is 9.53 Å². The second kappa shape index (κ2) is 9.03. The van der Waals surface area contributed by atoms with Crippen molar-refractivity contribution in [1.82, 2.24) is 5.32 Å². The number of aliphatic carboxylic acids is 1. The molecule has 1 atom stereocenters. The fourth-order valence-corrected chi connectivity index (χ4v) is 1.19. The van der Waals surface area contributed by atoms with E-state index in [0.717, 1.165) is 12.8 Å². The Hall–Kier alpha value is -1.96. The van der Waals surface area contributed by atoms with Gasteiger partial charge in [0.25, 0.3) is 0 Å². The maximum absolute atomic E-state index is 11.5. The number of amides is 1. The smallest absolute Gasteiger partial charge is 0.408 e. The number of carboxylic acids is 1. The lowest BCUT2D eigenvalue weighted by molar-refractivity contribution is -0.139. The number of hydrogen-bond donors (Lipinski definition) is 2. The monoisotopic (exact) mass is 281 g/mol. The van der Waals surface area contributed by atoms with Crippen LogP contribution < -0.4 is 5.32 Å². The van der Waals surface area contributed by atoms with E-state index >= 15 is 0 Å². The molecule has 0 aliphatic heterocycles. The standard InChI is InChI=1S/C15H23NO4/c1-5-6-7-8-9-10-11-12(13(17)18)16-14(19)20-15(2,3)4/h9-10,12H,5-6,11H2,1-4H3,(H,16,19)(H,17,18)/b10-9+. The van der Waals surface area contributed by atoms with Crippen molar-refractivity contribution < 1.29 is 19.4 Å². The molecule has 0 aromatic carbocycles. The van der Waals surface area contributed by atoms with Crippen molar-refractivity contribution in [3.8, 4) is 11.8 Å². The van der Waals surface area contributed by atoms with Crippen molar-refractivity contribution in [3.05, 3.63) is 12.2 Å². The summed E-state index contributed by atoms with van der Waals surface area (Å²) in [6.07, 6.45) is 4.44. The third-order valence-corrected chi connectivity index (χ3v) is 2.04. The van der Waals surface area contributed by atoms with Gasteiger partial charge in [0.1, 0.15) is 11.6 Å². The van der Waals surface area contributed by atoms with Gasteiger partial charge in [0, 0.05) is 6.42 Å². The number of carboxylic acid groups (broad SMARTS) is 1. The fourth-order valence-electron chi connectivity index (χ4n) is 1.19. The molecule has 0 aliphatic carbocycles. The Bertz CT molecular complexity index is 410. The van der Waals surface area contributed by atoms with Gasteiger partial charge in [-0.15, -0.1) is 0 Å². The zero-order valence-electron chi connectivity index (χ0n) is 12.5. The van der Waals surface area contributed by atoms with Crippen molar-refractivity contribution in [3.63, 3.8) is 0 Å². The van der Waals surface area contributed by atoms with E-state index in [-0.39, 0.29) is 6.42 Å². The van der Waals surface area contributed by atoms with Gasteiger partial charge >= 0.3 is 12.1 Å². The molecule has 20 heavy (non-hydrogen) atoms. The van der Waals surface area contributed by atoms with Gasteiger partial charge in [0.15, 0.2) is 0 Å². The molecule has 1 amide bonds. The first-order chi connectivity index (χ1) is 9.26. The maximum atomic E-state index is 11.5. The van der Waals surface area contributed by atoms with E-state index < -0.39 is 23.7 Å². The van der Waals surface area contributed by atoms with Crippen LogP contribution in [0.1, 0.15) is 47.0 Å². The summed E-state index contributed by atoms with van der Waals surface area (Å²) in [6.45, 7) is 7.17. The molecule has 5 nitrogen and oxygen atoms in total. The Kier molecular flexibility index (Phi) is 8.14. The highest BCUT2D eigenvalue weighted by atomic mass is 16.6. The van der Waals surface area contributed by atoms with Crippen LogP contribution in [0.3, 0.4) is 0 Å². The van der Waals surface area contributed by atoms with E-state index in [9.17, 15) is 9.59 Å². The highest BCUT2D eigenvalue weighted by Crippen LogP contribution is 2.07. The molecule has 5 heteroatoms. The van der Waals surface area contributed by atoms with Gasteiger partial charge in [0.2, 0.25) is 0 Å². The lowest BCUT2D eigenvalue weighted by atomic mass is 10.2. The van der Waals surface area contributed by atoms with Crippen LogP contribution in [-0.4, -0.2) is 28.8 Å². The third kappa shape index (κ3) is 10.0. The quantitative estimate of drug-likeness (QED) is 0.760. The van der Waals surface area contributed by atoms with Gasteiger partial charge in [-0.25, -0.2) is 9.59 Å². The molecule has 112 valence electrons. The molecule has 0 spiro atoms. The summed E-state index contributed by atoms with van der Waals surface area (Å²) >= 11 is 0. The fraction of sp³-hybridized carbons (Fsp3) is 0.600. The average molecular weight is 281 g/mol. The summed E-state index contributed by atoms with van der Waals surface area (Å²) in [7, 11) is 0. The SMILES string of the molecule is CCCC#C/C=C/CC(NC(=O)OC(C)(C)C)C(=O)O. The second-order valence-corrected chi connectivity index (χ2v) is 5.25. The van der Waals surface area contributed by atoms with Crippen LogP contribution in [0.2, 0.25) is 0 Å². The average Bonchev–Trinajstić information content (AvgIpc) is 2.29. The molecule has 1 unspecified atom stereocenters. The van der Waals surface area contributed by atoms with E-state index in [0.29, 0.717) is 0 Å². The number of rotatable bonds is 5. The van der Waals surface area contributed by atoms with Gasteiger partial charge in [-0.1, -0.05) is 24.8 Å². The molecule has 0 radical (unpaired) electrons. The largest absolute Gasteiger partial charge is 0.480 e. The first kappa shape index (κ1) is 18.0. The van der Waals surface area contributed by atoms with Crippen molar-refractivity contribution >= 4 is 12.1 Å². The Morgan fingerprint density at radius 2 is 2.05 bits per heavy atom. The van der Waals surface area contributed by atoms with Gasteiger partial charge in [-0.2, -0.15) is 0 Å². The first-order valence-electron chi connectivity index (χ1n) is 6.62. The predicted octanol–water partition coefficient (Wildman–Crippen LogP) is 2.71. The van der Waals surface area contributed by atoms with E-state index in [1.54, 1.807) is 32.9 Å². The molecular formula is C15H23NO4. The van der Waals surface area contributed by atoms with E-state index in [1.165, 1.54) is 0 Å². The molecular weight excluding hydrogens is 258 g/mol. The first-order valence-corrected chi connectivity index (χ1v) is 6.62. The van der Waals surface area contributed by atoms with Crippen LogP contribution in [0.15, 0.2) is 12.2 Å². The molecule has 0 rings (SSSR count). The summed E-state index contributed by atoms with van der Waals surface area (Å²) in [6, 6.07) is -1.02. The molecule has 0 aromatic heterocycles. The summed E-state index contributed by atoms with van der Waals surface area (Å²) < 4.78 is 5.01. The summed E-state index contributed by atoms with van der Waals surface area (Å²) in [5.74, 6) is 4.61. The predicted molar refractivity (Wildman–Crippen MR) is 77.2 cm³/mol. The van der Waals surface area contributed by atoms with Gasteiger partial charge in [-0.05, 0) is 39.7 Å². The van der Waals surface area contributed by atoms with Crippen molar-refractivity contribution in [2.24, 2.45) is 0 Å². The number of hydrogen-bond acceptors (Lipinski definition) is 3. The minimum absolute atomic E-state index is 0.162. The molecule has 0 saturated carbocycles. The maximum Gasteiger partial charge on any atom is 0.408 e. The van der Waals surface area contributed by atoms with Crippen LogP contribution in [0, 0.1) is 11.8 Å². The van der Waals surface area contributed by atoms with Gasteiger partial charge < -0.3 is 15.2 Å².